The molecule has 2 nitrogen and oxygen atoms in total. The van der Waals surface area contributed by atoms with Crippen LogP contribution in [0.1, 0.15) is 56.4 Å². The van der Waals surface area contributed by atoms with E-state index >= 15 is 0 Å². The maximum Gasteiger partial charge on any atom is 0.0593 e. The number of halogens is 1. The number of hydrogen-bond donors (Lipinski definition) is 1. The van der Waals surface area contributed by atoms with Gasteiger partial charge in [0.05, 0.1) is 6.04 Å². The van der Waals surface area contributed by atoms with Gasteiger partial charge in [-0.15, -0.1) is 11.3 Å². The third kappa shape index (κ3) is 4.28. The fraction of sp³-hybridized carbons (Fsp3) is 0.733. The second-order valence-corrected chi connectivity index (χ2v) is 7.35. The molecule has 108 valence electrons. The molecule has 4 heteroatoms. The number of nitrogens with zero attached hydrogens (tertiary/aromatic N) is 1. The van der Waals surface area contributed by atoms with Crippen molar-refractivity contribution in [2.75, 3.05) is 13.1 Å². The van der Waals surface area contributed by atoms with E-state index in [1.807, 2.05) is 11.3 Å². The molecule has 1 aliphatic rings. The van der Waals surface area contributed by atoms with Gasteiger partial charge in [-0.05, 0) is 54.3 Å². The summed E-state index contributed by atoms with van der Waals surface area (Å²) in [5, 5.41) is 2.18. The topological polar surface area (TPSA) is 29.3 Å². The lowest BCUT2D eigenvalue weighted by Gasteiger charge is -2.35. The lowest BCUT2D eigenvalue weighted by atomic mass is 10.00. The van der Waals surface area contributed by atoms with E-state index in [1.54, 1.807) is 0 Å². The molecular weight excluding hydrogens is 320 g/mol. The van der Waals surface area contributed by atoms with E-state index in [2.05, 4.69) is 39.2 Å². The maximum atomic E-state index is 6.43. The molecule has 2 N–H and O–H groups in total. The Bertz CT molecular complexity index is 372. The van der Waals surface area contributed by atoms with E-state index in [-0.39, 0.29) is 6.04 Å². The van der Waals surface area contributed by atoms with Gasteiger partial charge in [0.25, 0.3) is 0 Å². The molecule has 2 unspecified atom stereocenters. The van der Waals surface area contributed by atoms with Crippen LogP contribution in [0, 0.1) is 0 Å². The zero-order chi connectivity index (χ0) is 13.7. The van der Waals surface area contributed by atoms with Crippen LogP contribution >= 0.6 is 27.3 Å². The monoisotopic (exact) mass is 344 g/mol. The summed E-state index contributed by atoms with van der Waals surface area (Å²) < 4.78 is 1.19. The molecule has 0 radical (unpaired) electrons. The van der Waals surface area contributed by atoms with Crippen LogP contribution < -0.4 is 5.73 Å². The van der Waals surface area contributed by atoms with E-state index in [4.69, 9.17) is 5.73 Å². The lowest BCUT2D eigenvalue weighted by molar-refractivity contribution is 0.157. The minimum Gasteiger partial charge on any atom is -0.326 e. The number of nitrogens with two attached hydrogens (primary N) is 1. The van der Waals surface area contributed by atoms with Crippen molar-refractivity contribution in [3.05, 3.63) is 20.8 Å². The highest BCUT2D eigenvalue weighted by atomic mass is 79.9. The quantitative estimate of drug-likeness (QED) is 0.867. The molecule has 1 aliphatic heterocycles. The molecule has 1 saturated heterocycles. The predicted molar refractivity (Wildman–Crippen MR) is 87.7 cm³/mol. The molecule has 1 aromatic heterocycles. The largest absolute Gasteiger partial charge is 0.326 e. The van der Waals surface area contributed by atoms with E-state index in [0.717, 1.165) is 6.42 Å². The fourth-order valence-electron chi connectivity index (χ4n) is 2.92. The summed E-state index contributed by atoms with van der Waals surface area (Å²) in [6.45, 7) is 4.60. The summed E-state index contributed by atoms with van der Waals surface area (Å²) in [5.41, 5.74) is 6.43. The predicted octanol–water partition coefficient (Wildman–Crippen LogP) is 4.56. The summed E-state index contributed by atoms with van der Waals surface area (Å²) in [4.78, 5) is 4.05. The first-order valence-corrected chi connectivity index (χ1v) is 9.13. The maximum absolute atomic E-state index is 6.43. The molecule has 0 saturated carbocycles. The lowest BCUT2D eigenvalue weighted by Crippen LogP contribution is -2.41. The highest BCUT2D eigenvalue weighted by molar-refractivity contribution is 9.10. The van der Waals surface area contributed by atoms with E-state index in [1.165, 1.54) is 54.5 Å². The van der Waals surface area contributed by atoms with Gasteiger partial charge in [-0.3, -0.25) is 4.90 Å². The second kappa shape index (κ2) is 7.77. The van der Waals surface area contributed by atoms with Gasteiger partial charge in [-0.2, -0.15) is 0 Å². The van der Waals surface area contributed by atoms with Crippen molar-refractivity contribution in [3.63, 3.8) is 0 Å². The fourth-order valence-corrected chi connectivity index (χ4v) is 4.57. The Balaban J connectivity index is 2.15. The van der Waals surface area contributed by atoms with Crippen molar-refractivity contribution in [1.29, 1.82) is 0 Å². The zero-order valence-corrected chi connectivity index (χ0v) is 14.2. The molecule has 0 spiro atoms. The number of hydrogen-bond acceptors (Lipinski definition) is 3. The molecule has 0 bridgehead atoms. The molecule has 2 rings (SSSR count). The van der Waals surface area contributed by atoms with Gasteiger partial charge in [0.15, 0.2) is 0 Å². The average Bonchev–Trinajstić information content (AvgIpc) is 2.78. The van der Waals surface area contributed by atoms with Gasteiger partial charge in [-0.25, -0.2) is 0 Å². The Kier molecular flexibility index (Phi) is 6.33. The Morgan fingerprint density at radius 1 is 1.26 bits per heavy atom. The Morgan fingerprint density at radius 2 is 1.89 bits per heavy atom. The van der Waals surface area contributed by atoms with E-state index in [0.29, 0.717) is 6.04 Å². The van der Waals surface area contributed by atoms with E-state index < -0.39 is 0 Å². The first kappa shape index (κ1) is 15.5. The Labute approximate surface area is 129 Å². The zero-order valence-electron chi connectivity index (χ0n) is 11.8. The van der Waals surface area contributed by atoms with Crippen molar-refractivity contribution in [2.45, 2.75) is 57.5 Å². The van der Waals surface area contributed by atoms with Crippen molar-refractivity contribution >= 4 is 27.3 Å². The van der Waals surface area contributed by atoms with Crippen molar-refractivity contribution in [1.82, 2.24) is 4.90 Å². The third-order valence-corrected chi connectivity index (χ3v) is 5.80. The number of likely N-dealkylation sites (tertiary alicyclic amines) is 1. The van der Waals surface area contributed by atoms with Crippen LogP contribution in [-0.4, -0.2) is 24.0 Å². The molecule has 0 aliphatic carbocycles. The van der Waals surface area contributed by atoms with Crippen molar-refractivity contribution in [3.8, 4) is 0 Å². The molecule has 2 atom stereocenters. The molecule has 1 aromatic rings. The van der Waals surface area contributed by atoms with Crippen LogP contribution in [-0.2, 0) is 0 Å². The third-order valence-electron chi connectivity index (χ3n) is 4.04. The summed E-state index contributed by atoms with van der Waals surface area (Å²) >= 11 is 5.41. The highest BCUT2D eigenvalue weighted by Gasteiger charge is 2.27. The van der Waals surface area contributed by atoms with Crippen LogP contribution in [0.5, 0.6) is 0 Å². The van der Waals surface area contributed by atoms with Gasteiger partial charge < -0.3 is 5.73 Å². The van der Waals surface area contributed by atoms with Crippen LogP contribution in [0.15, 0.2) is 15.9 Å². The van der Waals surface area contributed by atoms with Gasteiger partial charge in [-0.1, -0.05) is 26.2 Å². The second-order valence-electron chi connectivity index (χ2n) is 5.49. The molecule has 2 heterocycles. The Hall–Kier alpha value is 0.1000. The minimum absolute atomic E-state index is 0.241. The van der Waals surface area contributed by atoms with Crippen LogP contribution in [0.3, 0.4) is 0 Å². The molecule has 1 fully saturated rings. The highest BCUT2D eigenvalue weighted by Crippen LogP contribution is 2.33. The molecule has 0 amide bonds. The van der Waals surface area contributed by atoms with Gasteiger partial charge in [0, 0.05) is 20.8 Å². The van der Waals surface area contributed by atoms with Crippen LogP contribution in [0.25, 0.3) is 0 Å². The minimum atomic E-state index is 0.241. The van der Waals surface area contributed by atoms with Gasteiger partial charge in [0.2, 0.25) is 0 Å². The van der Waals surface area contributed by atoms with Crippen LogP contribution in [0.2, 0.25) is 0 Å². The number of rotatable bonds is 4. The summed E-state index contributed by atoms with van der Waals surface area (Å²) in [7, 11) is 0. The molecular formula is C15H25BrN2S. The van der Waals surface area contributed by atoms with Crippen molar-refractivity contribution in [2.24, 2.45) is 5.73 Å². The summed E-state index contributed by atoms with van der Waals surface area (Å²) in [6, 6.07) is 2.90. The van der Waals surface area contributed by atoms with E-state index in [9.17, 15) is 0 Å². The van der Waals surface area contributed by atoms with Crippen LogP contribution in [0.4, 0.5) is 0 Å². The standard InChI is InChI=1S/C15H25BrN2S/c1-2-13(17)15(14-10-12(16)11-19-14)18-8-6-4-3-5-7-9-18/h10-11,13,15H,2-9,17H2,1H3. The average molecular weight is 345 g/mol. The summed E-state index contributed by atoms with van der Waals surface area (Å²) in [5.74, 6) is 0. The Morgan fingerprint density at radius 3 is 2.42 bits per heavy atom. The first-order chi connectivity index (χ1) is 9.22. The normalized spacial score (nSPS) is 21.6. The molecule has 19 heavy (non-hydrogen) atoms. The van der Waals surface area contributed by atoms with Gasteiger partial charge >= 0.3 is 0 Å². The summed E-state index contributed by atoms with van der Waals surface area (Å²) in [6.07, 6.45) is 7.83. The molecule has 0 aromatic carbocycles. The number of thiophene rings is 1. The van der Waals surface area contributed by atoms with Crippen molar-refractivity contribution < 1.29 is 0 Å². The first-order valence-electron chi connectivity index (χ1n) is 7.46. The SMILES string of the molecule is CCC(N)C(c1cc(Br)cs1)N1CCCCCCC1. The smallest absolute Gasteiger partial charge is 0.0593 e. The van der Waals surface area contributed by atoms with Gasteiger partial charge in [0.1, 0.15) is 0 Å².